The van der Waals surface area contributed by atoms with Gasteiger partial charge in [-0.1, -0.05) is 299 Å². The van der Waals surface area contributed by atoms with Gasteiger partial charge in [0.15, 0.2) is 6.29 Å². The monoisotopic (exact) mass is 1230 g/mol. The number of nitrogens with one attached hydrogen (secondary N) is 1. The summed E-state index contributed by atoms with van der Waals surface area (Å²) >= 11 is 0. The summed E-state index contributed by atoms with van der Waals surface area (Å²) in [6, 6.07) is -0.809. The number of rotatable bonds is 65. The third kappa shape index (κ3) is 53.7. The van der Waals surface area contributed by atoms with E-state index in [-0.39, 0.29) is 18.5 Å². The second-order valence-electron chi connectivity index (χ2n) is 25.6. The molecule has 11 heteroatoms. The van der Waals surface area contributed by atoms with E-state index in [1.807, 2.05) is 6.08 Å². The molecule has 1 saturated heterocycles. The largest absolute Gasteiger partial charge is 0.466 e. The molecule has 7 atom stereocenters. The molecule has 1 fully saturated rings. The predicted octanol–water partition coefficient (Wildman–Crippen LogP) is 19.3. The maximum Gasteiger partial charge on any atom is 0.305 e. The van der Waals surface area contributed by atoms with Crippen LogP contribution >= 0.6 is 0 Å². The Bertz CT molecular complexity index is 1630. The molecular weight excluding hydrogens is 1090 g/mol. The van der Waals surface area contributed by atoms with Gasteiger partial charge in [-0.15, -0.1) is 0 Å². The van der Waals surface area contributed by atoms with Crippen molar-refractivity contribution >= 4 is 11.9 Å². The Balaban J connectivity index is 1.90. The van der Waals surface area contributed by atoms with Crippen molar-refractivity contribution in [2.75, 3.05) is 19.8 Å². The van der Waals surface area contributed by atoms with Crippen LogP contribution in [0.2, 0.25) is 0 Å². The Labute approximate surface area is 535 Å². The fourth-order valence-corrected chi connectivity index (χ4v) is 11.5. The zero-order valence-electron chi connectivity index (χ0n) is 56.5. The van der Waals surface area contributed by atoms with E-state index in [0.717, 1.165) is 70.6 Å². The van der Waals surface area contributed by atoms with E-state index in [2.05, 4.69) is 67.8 Å². The smallest absolute Gasteiger partial charge is 0.305 e. The molecule has 0 bridgehead atoms. The highest BCUT2D eigenvalue weighted by Crippen LogP contribution is 2.23. The third-order valence-corrected chi connectivity index (χ3v) is 17.3. The van der Waals surface area contributed by atoms with Crippen LogP contribution < -0.4 is 5.32 Å². The fourth-order valence-electron chi connectivity index (χ4n) is 11.5. The number of aliphatic hydroxyl groups is 5. The molecule has 0 spiro atoms. The molecule has 6 N–H and O–H groups in total. The van der Waals surface area contributed by atoms with E-state index in [1.54, 1.807) is 6.08 Å². The van der Waals surface area contributed by atoms with E-state index >= 15 is 0 Å². The highest BCUT2D eigenvalue weighted by molar-refractivity contribution is 5.76. The SMILES string of the molecule is CCCCC/C=C\C/C=C\CCCCCCCCCCCC(=O)OCCCCCCCCCCC/C=C\C/C=C\CCCCCCCCCCCCCCCCCC(=O)NC(COC1OC(CO)C(O)C(O)C1O)C(O)/C=C/CCCCCCCCC. The lowest BCUT2D eigenvalue weighted by Gasteiger charge is -2.40. The number of ether oxygens (including phenoxy) is 3. The summed E-state index contributed by atoms with van der Waals surface area (Å²) in [7, 11) is 0. The first-order chi connectivity index (χ1) is 42.7. The van der Waals surface area contributed by atoms with Gasteiger partial charge in [-0.2, -0.15) is 0 Å². The molecule has 0 saturated carbocycles. The van der Waals surface area contributed by atoms with E-state index in [4.69, 9.17) is 14.2 Å². The second kappa shape index (κ2) is 64.9. The van der Waals surface area contributed by atoms with Gasteiger partial charge < -0.3 is 45.1 Å². The van der Waals surface area contributed by atoms with Gasteiger partial charge in [-0.3, -0.25) is 9.59 Å². The zero-order valence-corrected chi connectivity index (χ0v) is 56.5. The number of aliphatic hydroxyl groups excluding tert-OH is 5. The van der Waals surface area contributed by atoms with Gasteiger partial charge in [-0.25, -0.2) is 0 Å². The number of amides is 1. The number of hydrogen-bond donors (Lipinski definition) is 6. The average molecular weight is 1230 g/mol. The molecule has 1 aliphatic heterocycles. The van der Waals surface area contributed by atoms with E-state index in [9.17, 15) is 35.1 Å². The van der Waals surface area contributed by atoms with Crippen LogP contribution in [0.4, 0.5) is 0 Å². The summed E-state index contributed by atoms with van der Waals surface area (Å²) in [4.78, 5) is 25.1. The fraction of sp³-hybridized carbons (Fsp3) is 0.842. The molecule has 11 nitrogen and oxygen atoms in total. The Hall–Kier alpha value is -2.64. The van der Waals surface area contributed by atoms with Crippen molar-refractivity contribution in [3.8, 4) is 0 Å². The van der Waals surface area contributed by atoms with Crippen LogP contribution in [-0.2, 0) is 23.8 Å². The average Bonchev–Trinajstić information content (AvgIpc) is 3.36. The van der Waals surface area contributed by atoms with Gasteiger partial charge in [-0.05, 0) is 96.3 Å². The van der Waals surface area contributed by atoms with E-state index < -0.39 is 49.5 Å². The molecule has 1 heterocycles. The molecule has 0 radical (unpaired) electrons. The van der Waals surface area contributed by atoms with Gasteiger partial charge in [0.1, 0.15) is 24.4 Å². The molecule has 1 rings (SSSR count). The van der Waals surface area contributed by atoms with E-state index in [0.29, 0.717) is 19.4 Å². The van der Waals surface area contributed by atoms with Crippen LogP contribution in [0.5, 0.6) is 0 Å². The summed E-state index contributed by atoms with van der Waals surface area (Å²) in [5, 5.41) is 54.3. The summed E-state index contributed by atoms with van der Waals surface area (Å²) in [6.45, 7) is 4.31. The van der Waals surface area contributed by atoms with Crippen LogP contribution in [-0.4, -0.2) is 100 Å². The Morgan fingerprint density at radius 2 is 0.770 bits per heavy atom. The highest BCUT2D eigenvalue weighted by Gasteiger charge is 2.44. The Morgan fingerprint density at radius 1 is 0.425 bits per heavy atom. The molecule has 0 aromatic heterocycles. The number of carbonyl (C=O) groups excluding carboxylic acids is 2. The normalized spacial score (nSPS) is 18.2. The van der Waals surface area contributed by atoms with E-state index in [1.165, 1.54) is 250 Å². The van der Waals surface area contributed by atoms with Gasteiger partial charge in [0, 0.05) is 12.8 Å². The highest BCUT2D eigenvalue weighted by atomic mass is 16.7. The lowest BCUT2D eigenvalue weighted by Crippen LogP contribution is -2.60. The maximum atomic E-state index is 13.0. The molecule has 0 aromatic rings. The summed E-state index contributed by atoms with van der Waals surface area (Å²) in [6.07, 6.45) is 76.7. The molecule has 508 valence electrons. The van der Waals surface area contributed by atoms with Gasteiger partial charge >= 0.3 is 5.97 Å². The molecule has 0 aromatic carbocycles. The van der Waals surface area contributed by atoms with Gasteiger partial charge in [0.25, 0.3) is 0 Å². The first kappa shape index (κ1) is 82.4. The second-order valence-corrected chi connectivity index (χ2v) is 25.6. The van der Waals surface area contributed by atoms with Crippen molar-refractivity contribution in [1.29, 1.82) is 0 Å². The van der Waals surface area contributed by atoms with Crippen LogP contribution in [0.15, 0.2) is 60.8 Å². The van der Waals surface area contributed by atoms with Crippen molar-refractivity contribution < 1.29 is 49.3 Å². The van der Waals surface area contributed by atoms with Crippen molar-refractivity contribution in [2.24, 2.45) is 0 Å². The van der Waals surface area contributed by atoms with Crippen molar-refractivity contribution in [1.82, 2.24) is 5.32 Å². The molecule has 87 heavy (non-hydrogen) atoms. The van der Waals surface area contributed by atoms with Crippen LogP contribution in [0, 0.1) is 0 Å². The molecule has 0 aliphatic carbocycles. The molecule has 1 aliphatic rings. The number of carbonyl (C=O) groups is 2. The van der Waals surface area contributed by atoms with Crippen molar-refractivity contribution in [3.63, 3.8) is 0 Å². The number of allylic oxidation sites excluding steroid dienone is 9. The van der Waals surface area contributed by atoms with Crippen molar-refractivity contribution in [2.45, 2.75) is 391 Å². The summed E-state index contributed by atoms with van der Waals surface area (Å²) < 4.78 is 16.7. The van der Waals surface area contributed by atoms with Crippen LogP contribution in [0.25, 0.3) is 0 Å². The first-order valence-electron chi connectivity index (χ1n) is 37.1. The van der Waals surface area contributed by atoms with Gasteiger partial charge in [0.05, 0.1) is 32.0 Å². The quantitative estimate of drug-likeness (QED) is 0.0195. The topological polar surface area (TPSA) is 175 Å². The molecule has 7 unspecified atom stereocenters. The zero-order chi connectivity index (χ0) is 63.0. The number of hydrogen-bond acceptors (Lipinski definition) is 10. The summed E-state index contributed by atoms with van der Waals surface area (Å²) in [5.74, 6) is -0.181. The van der Waals surface area contributed by atoms with Crippen LogP contribution in [0.3, 0.4) is 0 Å². The Kier molecular flexibility index (Phi) is 61.4. The van der Waals surface area contributed by atoms with Crippen LogP contribution in [0.1, 0.15) is 348 Å². The summed E-state index contributed by atoms with van der Waals surface area (Å²) in [5.41, 5.74) is 0. The molecule has 1 amide bonds. The third-order valence-electron chi connectivity index (χ3n) is 17.3. The number of unbranched alkanes of at least 4 members (excludes halogenated alkanes) is 43. The Morgan fingerprint density at radius 3 is 1.18 bits per heavy atom. The maximum absolute atomic E-state index is 13.0. The predicted molar refractivity (Wildman–Crippen MR) is 366 cm³/mol. The lowest BCUT2D eigenvalue weighted by atomic mass is 9.99. The number of esters is 1. The van der Waals surface area contributed by atoms with Gasteiger partial charge in [0.2, 0.25) is 5.91 Å². The first-order valence-corrected chi connectivity index (χ1v) is 37.1. The molecular formula is C76H139NO10. The minimum absolute atomic E-state index is 0.00135. The van der Waals surface area contributed by atoms with Crippen molar-refractivity contribution in [3.05, 3.63) is 60.8 Å². The minimum Gasteiger partial charge on any atom is -0.466 e. The lowest BCUT2D eigenvalue weighted by molar-refractivity contribution is -0.302. The standard InChI is InChI=1S/C76H139NO10/c1-3-5-7-9-11-13-14-15-16-17-31-35-38-41-44-48-52-56-60-64-72(81)85-65-61-57-53-49-45-42-39-36-33-30-28-26-24-22-20-18-19-21-23-25-27-29-32-34-37-40-43-47-51-55-59-63-71(80)77-68(69(79)62-58-54-50-46-12-10-8-6-4-2)67-86-76-75(84)74(83)73(82)70(66-78)87-76/h11,13,15-16,20,22,26,28,58,62,68-70,73-76,78-79,82-84H,3-10,12,14,17-19,21,23-25,27,29-57,59-61,63-67H2,1-2H3,(H,77,80)/b13-11-,16-15-,22-20-,28-26-,62-58+. The minimum atomic E-state index is -1.57.